The minimum absolute atomic E-state index is 0.164. The standard InChI is InChI=1S/C24H23NO4/c1-2-15-29-25-23(17-28-22-10-6-9-21(16-22)24(26)27)20-13-11-19(12-14-20)18-7-4-3-5-8-18/h3-14,16H,2,15,17H2,1H3,(H,26,27)/b25-23+. The third-order valence-electron chi connectivity index (χ3n) is 4.25. The van der Waals surface area contributed by atoms with E-state index in [4.69, 9.17) is 14.7 Å². The molecule has 0 aromatic heterocycles. The molecule has 0 saturated carbocycles. The average Bonchev–Trinajstić information content (AvgIpc) is 2.77. The number of carboxylic acid groups (broad SMARTS) is 1. The van der Waals surface area contributed by atoms with E-state index in [9.17, 15) is 4.79 Å². The van der Waals surface area contributed by atoms with E-state index >= 15 is 0 Å². The smallest absolute Gasteiger partial charge is 0.335 e. The Morgan fingerprint density at radius 3 is 2.31 bits per heavy atom. The molecule has 148 valence electrons. The molecule has 0 bridgehead atoms. The van der Waals surface area contributed by atoms with Gasteiger partial charge in [-0.15, -0.1) is 0 Å². The largest absolute Gasteiger partial charge is 0.487 e. The monoisotopic (exact) mass is 389 g/mol. The Labute approximate surface area is 170 Å². The Balaban J connectivity index is 1.77. The molecule has 0 heterocycles. The van der Waals surface area contributed by atoms with Crippen LogP contribution >= 0.6 is 0 Å². The van der Waals surface area contributed by atoms with Gasteiger partial charge in [0.25, 0.3) is 0 Å². The van der Waals surface area contributed by atoms with Crippen molar-refractivity contribution in [1.82, 2.24) is 0 Å². The summed E-state index contributed by atoms with van der Waals surface area (Å²) in [6, 6.07) is 24.5. The Bertz CT molecular complexity index is 966. The molecule has 5 nitrogen and oxygen atoms in total. The molecule has 0 amide bonds. The Hall–Kier alpha value is -3.60. The van der Waals surface area contributed by atoms with E-state index in [2.05, 4.69) is 17.3 Å². The molecule has 0 saturated heterocycles. The highest BCUT2D eigenvalue weighted by atomic mass is 16.6. The summed E-state index contributed by atoms with van der Waals surface area (Å²) in [7, 11) is 0. The number of rotatable bonds is 9. The molecule has 3 rings (SSSR count). The third-order valence-corrected chi connectivity index (χ3v) is 4.25. The van der Waals surface area contributed by atoms with Gasteiger partial charge in [-0.2, -0.15) is 0 Å². The lowest BCUT2D eigenvalue weighted by Crippen LogP contribution is -2.14. The number of oxime groups is 1. The fourth-order valence-corrected chi connectivity index (χ4v) is 2.73. The van der Waals surface area contributed by atoms with Gasteiger partial charge in [-0.05, 0) is 35.7 Å². The molecule has 0 aliphatic heterocycles. The van der Waals surface area contributed by atoms with Gasteiger partial charge in [0, 0.05) is 5.56 Å². The van der Waals surface area contributed by atoms with E-state index in [0.717, 1.165) is 23.1 Å². The number of aromatic carboxylic acids is 1. The fourth-order valence-electron chi connectivity index (χ4n) is 2.73. The number of hydrogen-bond acceptors (Lipinski definition) is 4. The van der Waals surface area contributed by atoms with Crippen LogP contribution < -0.4 is 4.74 Å². The molecule has 1 N–H and O–H groups in total. The molecule has 29 heavy (non-hydrogen) atoms. The lowest BCUT2D eigenvalue weighted by atomic mass is 10.0. The van der Waals surface area contributed by atoms with Gasteiger partial charge in [0.15, 0.2) is 0 Å². The molecular weight excluding hydrogens is 366 g/mol. The zero-order valence-electron chi connectivity index (χ0n) is 16.2. The highest BCUT2D eigenvalue weighted by Crippen LogP contribution is 2.20. The minimum Gasteiger partial charge on any atom is -0.487 e. The summed E-state index contributed by atoms with van der Waals surface area (Å²) in [6.07, 6.45) is 0.852. The predicted molar refractivity (Wildman–Crippen MR) is 114 cm³/mol. The van der Waals surface area contributed by atoms with Crippen molar-refractivity contribution in [2.75, 3.05) is 13.2 Å². The van der Waals surface area contributed by atoms with Crippen LogP contribution in [0.4, 0.5) is 0 Å². The second-order valence-corrected chi connectivity index (χ2v) is 6.44. The summed E-state index contributed by atoms with van der Waals surface area (Å²) in [5.74, 6) is -0.527. The first-order valence-corrected chi connectivity index (χ1v) is 9.48. The summed E-state index contributed by atoms with van der Waals surface area (Å²) >= 11 is 0. The van der Waals surface area contributed by atoms with Crippen LogP contribution in [0.25, 0.3) is 11.1 Å². The van der Waals surface area contributed by atoms with Gasteiger partial charge in [0.05, 0.1) is 5.56 Å². The third kappa shape index (κ3) is 5.69. The predicted octanol–water partition coefficient (Wildman–Crippen LogP) is 5.26. The maximum Gasteiger partial charge on any atom is 0.335 e. The van der Waals surface area contributed by atoms with Crippen molar-refractivity contribution >= 4 is 11.7 Å². The average molecular weight is 389 g/mol. The van der Waals surface area contributed by atoms with Gasteiger partial charge in [-0.3, -0.25) is 0 Å². The van der Waals surface area contributed by atoms with Crippen molar-refractivity contribution < 1.29 is 19.5 Å². The molecule has 0 unspecified atom stereocenters. The van der Waals surface area contributed by atoms with Crippen molar-refractivity contribution in [3.05, 3.63) is 90.0 Å². The molecule has 3 aromatic carbocycles. The number of ether oxygens (including phenoxy) is 1. The zero-order chi connectivity index (χ0) is 20.5. The van der Waals surface area contributed by atoms with Crippen molar-refractivity contribution in [3.63, 3.8) is 0 Å². The molecule has 3 aromatic rings. The minimum atomic E-state index is -0.993. The molecule has 0 radical (unpaired) electrons. The topological polar surface area (TPSA) is 68.1 Å². The van der Waals surface area contributed by atoms with Crippen molar-refractivity contribution in [2.24, 2.45) is 5.16 Å². The molecule has 0 fully saturated rings. The lowest BCUT2D eigenvalue weighted by Gasteiger charge is -2.11. The molecule has 0 spiro atoms. The normalized spacial score (nSPS) is 11.1. The van der Waals surface area contributed by atoms with Gasteiger partial charge in [-0.1, -0.05) is 72.7 Å². The second-order valence-electron chi connectivity index (χ2n) is 6.44. The van der Waals surface area contributed by atoms with Gasteiger partial charge >= 0.3 is 5.97 Å². The van der Waals surface area contributed by atoms with E-state index < -0.39 is 5.97 Å². The van der Waals surface area contributed by atoms with Gasteiger partial charge in [0.2, 0.25) is 0 Å². The van der Waals surface area contributed by atoms with Gasteiger partial charge < -0.3 is 14.7 Å². The summed E-state index contributed by atoms with van der Waals surface area (Å²) < 4.78 is 5.78. The molecular formula is C24H23NO4. The van der Waals surface area contributed by atoms with Crippen LogP contribution in [0.15, 0.2) is 84.0 Å². The van der Waals surface area contributed by atoms with E-state index in [1.54, 1.807) is 12.1 Å². The highest BCUT2D eigenvalue weighted by molar-refractivity contribution is 6.01. The van der Waals surface area contributed by atoms with Gasteiger partial charge in [0.1, 0.15) is 24.7 Å². The van der Waals surface area contributed by atoms with Crippen molar-refractivity contribution in [1.29, 1.82) is 0 Å². The van der Waals surface area contributed by atoms with Crippen LogP contribution in [0.1, 0.15) is 29.3 Å². The number of carbonyl (C=O) groups is 1. The lowest BCUT2D eigenvalue weighted by molar-refractivity contribution is 0.0696. The first-order valence-electron chi connectivity index (χ1n) is 9.48. The maximum atomic E-state index is 11.1. The maximum absolute atomic E-state index is 11.1. The zero-order valence-corrected chi connectivity index (χ0v) is 16.2. The van der Waals surface area contributed by atoms with Crippen LogP contribution in [-0.4, -0.2) is 30.0 Å². The van der Waals surface area contributed by atoms with Crippen LogP contribution in [0.5, 0.6) is 5.75 Å². The Morgan fingerprint density at radius 1 is 0.897 bits per heavy atom. The molecule has 0 aliphatic rings. The molecule has 0 atom stereocenters. The molecule has 0 aliphatic carbocycles. The number of hydrogen-bond donors (Lipinski definition) is 1. The highest BCUT2D eigenvalue weighted by Gasteiger charge is 2.09. The first kappa shape index (κ1) is 20.1. The molecule has 5 heteroatoms. The van der Waals surface area contributed by atoms with E-state index in [0.29, 0.717) is 18.1 Å². The van der Waals surface area contributed by atoms with Crippen molar-refractivity contribution in [3.8, 4) is 16.9 Å². The van der Waals surface area contributed by atoms with E-state index in [-0.39, 0.29) is 12.2 Å². The number of carboxylic acids is 1. The number of nitrogens with zero attached hydrogens (tertiary/aromatic N) is 1. The Kier molecular flexibility index (Phi) is 7.00. The van der Waals surface area contributed by atoms with Crippen LogP contribution in [0, 0.1) is 0 Å². The van der Waals surface area contributed by atoms with Crippen LogP contribution in [0.2, 0.25) is 0 Å². The Morgan fingerprint density at radius 2 is 1.62 bits per heavy atom. The summed E-state index contributed by atoms with van der Waals surface area (Å²) in [6.45, 7) is 2.69. The van der Waals surface area contributed by atoms with Gasteiger partial charge in [-0.25, -0.2) is 4.79 Å². The summed E-state index contributed by atoms with van der Waals surface area (Å²) in [4.78, 5) is 16.5. The van der Waals surface area contributed by atoms with Crippen LogP contribution in [0.3, 0.4) is 0 Å². The van der Waals surface area contributed by atoms with E-state index in [1.807, 2.05) is 49.4 Å². The summed E-state index contributed by atoms with van der Waals surface area (Å²) in [5.41, 5.74) is 3.95. The van der Waals surface area contributed by atoms with Crippen molar-refractivity contribution in [2.45, 2.75) is 13.3 Å². The van der Waals surface area contributed by atoms with Crippen LogP contribution in [-0.2, 0) is 4.84 Å². The first-order chi connectivity index (χ1) is 14.2. The number of benzene rings is 3. The fraction of sp³-hybridized carbons (Fsp3) is 0.167. The summed E-state index contributed by atoms with van der Waals surface area (Å²) in [5, 5.41) is 13.4. The second kappa shape index (κ2) is 10.1. The SMILES string of the molecule is CCCO/N=C(\COc1cccc(C(=O)O)c1)c1ccc(-c2ccccc2)cc1. The quantitative estimate of drug-likeness (QED) is 0.308. The van der Waals surface area contributed by atoms with E-state index in [1.165, 1.54) is 12.1 Å².